The van der Waals surface area contributed by atoms with Crippen molar-refractivity contribution in [3.05, 3.63) is 45.4 Å². The number of nitrogens with one attached hydrogen (secondary N) is 1. The van der Waals surface area contributed by atoms with Crippen molar-refractivity contribution in [1.82, 2.24) is 4.98 Å². The summed E-state index contributed by atoms with van der Waals surface area (Å²) in [5, 5.41) is 6.78. The lowest BCUT2D eigenvalue weighted by Crippen LogP contribution is -2.07. The van der Waals surface area contributed by atoms with Crippen LogP contribution in [0.3, 0.4) is 0 Å². The predicted molar refractivity (Wildman–Crippen MR) is 92.4 cm³/mol. The highest BCUT2D eigenvalue weighted by Gasteiger charge is 2.08. The number of carbonyl (C=O) groups excluding carboxylic acids is 1. The highest BCUT2D eigenvalue weighted by molar-refractivity contribution is 9.10. The second-order valence-electron chi connectivity index (χ2n) is 4.44. The zero-order valence-electron chi connectivity index (χ0n) is 12.3. The SMILES string of the molecule is CCOC(=O)Cc1csc(N/N=C(/C)c2ccc(Br)cc2)n1. The van der Waals surface area contributed by atoms with E-state index in [0.29, 0.717) is 17.4 Å². The molecular weight excluding hydrogens is 366 g/mol. The van der Waals surface area contributed by atoms with Crippen LogP contribution < -0.4 is 5.43 Å². The second kappa shape index (κ2) is 8.05. The van der Waals surface area contributed by atoms with Crippen LogP contribution in [0.4, 0.5) is 5.13 Å². The summed E-state index contributed by atoms with van der Waals surface area (Å²) >= 11 is 4.81. The van der Waals surface area contributed by atoms with Crippen LogP contribution >= 0.6 is 27.3 Å². The first-order chi connectivity index (χ1) is 10.6. The Kier molecular flexibility index (Phi) is 6.09. The van der Waals surface area contributed by atoms with Crippen molar-refractivity contribution < 1.29 is 9.53 Å². The molecule has 0 amide bonds. The zero-order chi connectivity index (χ0) is 15.9. The lowest BCUT2D eigenvalue weighted by atomic mass is 10.1. The van der Waals surface area contributed by atoms with Crippen molar-refractivity contribution in [1.29, 1.82) is 0 Å². The molecule has 0 atom stereocenters. The summed E-state index contributed by atoms with van der Waals surface area (Å²) in [5.41, 5.74) is 5.48. The maximum Gasteiger partial charge on any atom is 0.311 e. The van der Waals surface area contributed by atoms with Gasteiger partial charge in [0.15, 0.2) is 0 Å². The Morgan fingerprint density at radius 3 is 2.82 bits per heavy atom. The molecule has 1 aromatic heterocycles. The third kappa shape index (κ3) is 4.92. The summed E-state index contributed by atoms with van der Waals surface area (Å²) in [5.74, 6) is -0.270. The fraction of sp³-hybridized carbons (Fsp3) is 0.267. The number of aromatic nitrogens is 1. The molecule has 0 aliphatic carbocycles. The normalized spacial score (nSPS) is 11.3. The van der Waals surface area contributed by atoms with E-state index in [0.717, 1.165) is 15.7 Å². The van der Waals surface area contributed by atoms with Crippen molar-refractivity contribution in [2.75, 3.05) is 12.0 Å². The van der Waals surface area contributed by atoms with E-state index in [-0.39, 0.29) is 12.4 Å². The predicted octanol–water partition coefficient (Wildman–Crippen LogP) is 3.85. The van der Waals surface area contributed by atoms with Crippen molar-refractivity contribution in [2.45, 2.75) is 20.3 Å². The van der Waals surface area contributed by atoms with Gasteiger partial charge in [-0.2, -0.15) is 5.10 Å². The van der Waals surface area contributed by atoms with E-state index >= 15 is 0 Å². The lowest BCUT2D eigenvalue weighted by Gasteiger charge is -2.01. The number of esters is 1. The van der Waals surface area contributed by atoms with Gasteiger partial charge >= 0.3 is 5.97 Å². The molecule has 7 heteroatoms. The molecule has 5 nitrogen and oxygen atoms in total. The molecule has 1 aromatic carbocycles. The number of benzene rings is 1. The molecule has 22 heavy (non-hydrogen) atoms. The smallest absolute Gasteiger partial charge is 0.311 e. The summed E-state index contributed by atoms with van der Waals surface area (Å²) in [6, 6.07) is 7.90. The van der Waals surface area contributed by atoms with Crippen LogP contribution in [-0.4, -0.2) is 23.3 Å². The molecule has 0 saturated carbocycles. The molecule has 0 spiro atoms. The van der Waals surface area contributed by atoms with E-state index in [1.165, 1.54) is 11.3 Å². The molecule has 0 unspecified atom stereocenters. The van der Waals surface area contributed by atoms with E-state index in [1.54, 1.807) is 6.92 Å². The number of halogens is 1. The topological polar surface area (TPSA) is 63.6 Å². The first kappa shape index (κ1) is 16.6. The number of hydrogen-bond donors (Lipinski definition) is 1. The molecule has 0 radical (unpaired) electrons. The zero-order valence-corrected chi connectivity index (χ0v) is 14.7. The molecule has 0 aliphatic rings. The molecule has 1 heterocycles. The van der Waals surface area contributed by atoms with Crippen LogP contribution in [0, 0.1) is 0 Å². The first-order valence-electron chi connectivity index (χ1n) is 6.74. The highest BCUT2D eigenvalue weighted by Crippen LogP contribution is 2.17. The van der Waals surface area contributed by atoms with Gasteiger partial charge in [-0.1, -0.05) is 28.1 Å². The summed E-state index contributed by atoms with van der Waals surface area (Å²) in [7, 11) is 0. The number of thiazole rings is 1. The number of carbonyl (C=O) groups is 1. The monoisotopic (exact) mass is 381 g/mol. The fourth-order valence-electron chi connectivity index (χ4n) is 1.69. The minimum absolute atomic E-state index is 0.182. The Balaban J connectivity index is 1.96. The van der Waals surface area contributed by atoms with Crippen LogP contribution in [0.25, 0.3) is 0 Å². The highest BCUT2D eigenvalue weighted by atomic mass is 79.9. The Morgan fingerprint density at radius 1 is 1.41 bits per heavy atom. The van der Waals surface area contributed by atoms with Gasteiger partial charge in [0, 0.05) is 9.85 Å². The Hall–Kier alpha value is -1.73. The molecule has 2 aromatic rings. The standard InChI is InChI=1S/C15H16BrN3O2S/c1-3-21-14(20)8-13-9-22-15(17-13)19-18-10(2)11-4-6-12(16)7-5-11/h4-7,9H,3,8H2,1-2H3,(H,17,19)/b18-10-. The Morgan fingerprint density at radius 2 is 2.14 bits per heavy atom. The summed E-state index contributed by atoms with van der Waals surface area (Å²) in [4.78, 5) is 15.7. The van der Waals surface area contributed by atoms with E-state index in [2.05, 4.69) is 31.4 Å². The summed E-state index contributed by atoms with van der Waals surface area (Å²) in [6.07, 6.45) is 0.182. The van der Waals surface area contributed by atoms with E-state index in [4.69, 9.17) is 4.74 Å². The van der Waals surface area contributed by atoms with Crippen molar-refractivity contribution in [3.8, 4) is 0 Å². The third-order valence-electron chi connectivity index (χ3n) is 2.76. The fourth-order valence-corrected chi connectivity index (χ4v) is 2.60. The quantitative estimate of drug-likeness (QED) is 0.468. The van der Waals surface area contributed by atoms with Gasteiger partial charge in [0.25, 0.3) is 0 Å². The molecule has 0 saturated heterocycles. The number of nitrogens with zero attached hydrogens (tertiary/aromatic N) is 2. The largest absolute Gasteiger partial charge is 0.466 e. The van der Waals surface area contributed by atoms with Gasteiger partial charge in [-0.05, 0) is 31.5 Å². The number of ether oxygens (including phenoxy) is 1. The maximum absolute atomic E-state index is 11.4. The average molecular weight is 382 g/mol. The molecule has 1 N–H and O–H groups in total. The second-order valence-corrected chi connectivity index (χ2v) is 6.22. The van der Waals surface area contributed by atoms with Crippen molar-refractivity contribution in [2.24, 2.45) is 5.10 Å². The summed E-state index contributed by atoms with van der Waals surface area (Å²) < 4.78 is 5.92. The molecule has 0 aliphatic heterocycles. The van der Waals surface area contributed by atoms with Crippen LogP contribution in [-0.2, 0) is 16.0 Å². The minimum atomic E-state index is -0.270. The molecule has 116 valence electrons. The molecule has 0 fully saturated rings. The lowest BCUT2D eigenvalue weighted by molar-refractivity contribution is -0.142. The van der Waals surface area contributed by atoms with E-state index < -0.39 is 0 Å². The molecule has 0 bridgehead atoms. The van der Waals surface area contributed by atoms with E-state index in [1.807, 2.05) is 36.6 Å². The van der Waals surface area contributed by atoms with Gasteiger partial charge in [-0.3, -0.25) is 10.2 Å². The minimum Gasteiger partial charge on any atom is -0.466 e. The van der Waals surface area contributed by atoms with Crippen LogP contribution in [0.1, 0.15) is 25.1 Å². The van der Waals surface area contributed by atoms with Crippen LogP contribution in [0.5, 0.6) is 0 Å². The third-order valence-corrected chi connectivity index (χ3v) is 4.09. The number of rotatable bonds is 6. The summed E-state index contributed by atoms with van der Waals surface area (Å²) in [6.45, 7) is 4.08. The van der Waals surface area contributed by atoms with Gasteiger partial charge in [0.1, 0.15) is 0 Å². The van der Waals surface area contributed by atoms with Gasteiger partial charge in [0.2, 0.25) is 5.13 Å². The van der Waals surface area contributed by atoms with Gasteiger partial charge < -0.3 is 4.74 Å². The van der Waals surface area contributed by atoms with Gasteiger partial charge in [-0.25, -0.2) is 4.98 Å². The number of hydrogen-bond acceptors (Lipinski definition) is 6. The Labute approximate surface area is 141 Å². The van der Waals surface area contributed by atoms with Crippen molar-refractivity contribution in [3.63, 3.8) is 0 Å². The maximum atomic E-state index is 11.4. The first-order valence-corrected chi connectivity index (χ1v) is 8.42. The van der Waals surface area contributed by atoms with Gasteiger partial charge in [0.05, 0.1) is 24.4 Å². The molecule has 2 rings (SSSR count). The average Bonchev–Trinajstić information content (AvgIpc) is 2.93. The van der Waals surface area contributed by atoms with Crippen molar-refractivity contribution >= 4 is 44.1 Å². The Bertz CT molecular complexity index is 668. The van der Waals surface area contributed by atoms with Gasteiger partial charge in [-0.15, -0.1) is 11.3 Å². The van der Waals surface area contributed by atoms with Crippen LogP contribution in [0.2, 0.25) is 0 Å². The van der Waals surface area contributed by atoms with Crippen LogP contribution in [0.15, 0.2) is 39.2 Å². The number of anilines is 1. The number of hydrazone groups is 1. The molecular formula is C15H16BrN3O2S. The van der Waals surface area contributed by atoms with E-state index in [9.17, 15) is 4.79 Å².